The molecule has 1 atom stereocenters. The maximum absolute atomic E-state index is 13.0. The van der Waals surface area contributed by atoms with Gasteiger partial charge < -0.3 is 15.2 Å². The van der Waals surface area contributed by atoms with Gasteiger partial charge in [-0.05, 0) is 25.8 Å². The number of carbonyl (C=O) groups excluding carboxylic acids is 2. The zero-order valence-corrected chi connectivity index (χ0v) is 14.9. The molecule has 1 saturated heterocycles. The Kier molecular flexibility index (Phi) is 4.30. The van der Waals surface area contributed by atoms with Crippen LogP contribution in [0.4, 0.5) is 0 Å². The van der Waals surface area contributed by atoms with Crippen LogP contribution in [0, 0.1) is 6.92 Å². The summed E-state index contributed by atoms with van der Waals surface area (Å²) in [4.78, 5) is 34.7. The van der Waals surface area contributed by atoms with Crippen molar-refractivity contribution < 1.29 is 9.59 Å². The minimum Gasteiger partial charge on any atom is -0.368 e. The lowest BCUT2D eigenvalue weighted by Crippen LogP contribution is -2.40. The summed E-state index contributed by atoms with van der Waals surface area (Å²) in [6.07, 6.45) is 6.88. The normalized spacial score (nSPS) is 17.4. The van der Waals surface area contributed by atoms with Gasteiger partial charge in [0.05, 0.1) is 0 Å². The molecule has 3 aromatic heterocycles. The predicted octanol–water partition coefficient (Wildman–Crippen LogP) is 0.134. The number of amides is 2. The van der Waals surface area contributed by atoms with Gasteiger partial charge in [0.25, 0.3) is 11.7 Å². The molecule has 0 unspecified atom stereocenters. The Hall–Kier alpha value is -3.30. The van der Waals surface area contributed by atoms with E-state index in [4.69, 9.17) is 5.73 Å². The number of imidazole rings is 1. The van der Waals surface area contributed by atoms with Crippen LogP contribution in [0.3, 0.4) is 0 Å². The first-order chi connectivity index (χ1) is 13.0. The van der Waals surface area contributed by atoms with Gasteiger partial charge in [-0.2, -0.15) is 0 Å². The molecule has 3 aromatic rings. The summed E-state index contributed by atoms with van der Waals surface area (Å²) in [5, 5.41) is 8.03. The van der Waals surface area contributed by atoms with Gasteiger partial charge in [-0.25, -0.2) is 9.97 Å². The van der Waals surface area contributed by atoms with Crippen LogP contribution in [-0.2, 0) is 11.3 Å². The van der Waals surface area contributed by atoms with Crippen LogP contribution in [0.1, 0.15) is 40.9 Å². The van der Waals surface area contributed by atoms with Crippen molar-refractivity contribution in [1.82, 2.24) is 34.0 Å². The van der Waals surface area contributed by atoms with Crippen LogP contribution in [0.15, 0.2) is 24.7 Å². The van der Waals surface area contributed by atoms with E-state index in [9.17, 15) is 9.59 Å². The Morgan fingerprint density at radius 2 is 2.15 bits per heavy atom. The van der Waals surface area contributed by atoms with Crippen LogP contribution in [0.5, 0.6) is 0 Å². The fourth-order valence-corrected chi connectivity index (χ4v) is 3.52. The van der Waals surface area contributed by atoms with Crippen molar-refractivity contribution in [2.75, 3.05) is 13.1 Å². The quantitative estimate of drug-likeness (QED) is 0.698. The number of aromatic nitrogens is 6. The molecular formula is C17H20N8O2. The molecule has 1 aliphatic rings. The Bertz CT molecular complexity index is 1010. The number of nitrogens with two attached hydrogens (primary N) is 1. The zero-order valence-electron chi connectivity index (χ0n) is 14.9. The van der Waals surface area contributed by atoms with Crippen LogP contribution in [0.25, 0.3) is 5.78 Å². The molecule has 2 amide bonds. The van der Waals surface area contributed by atoms with Gasteiger partial charge >= 0.3 is 0 Å². The number of hydrogen-bond acceptors (Lipinski definition) is 6. The SMILES string of the molecule is Cc1ccn2c(C(=O)N3CCC[C@H](c4nccn4CC(N)=O)C3)nnc2n1. The third-order valence-electron chi connectivity index (χ3n) is 4.76. The largest absolute Gasteiger partial charge is 0.368 e. The summed E-state index contributed by atoms with van der Waals surface area (Å²) >= 11 is 0. The standard InChI is InChI=1S/C17H20N8O2/c1-11-4-7-25-15(21-22-17(25)20-11)16(27)24-6-2-3-12(9-24)14-19-5-8-23(14)10-13(18)26/h4-5,7-8,12H,2-3,6,9-10H2,1H3,(H2,18,26)/t12-/m0/s1. The van der Waals surface area contributed by atoms with E-state index in [0.29, 0.717) is 18.9 Å². The highest BCUT2D eigenvalue weighted by Crippen LogP contribution is 2.26. The van der Waals surface area contributed by atoms with E-state index in [1.165, 1.54) is 0 Å². The number of fused-ring (bicyclic) bond motifs is 1. The fourth-order valence-electron chi connectivity index (χ4n) is 3.52. The fraction of sp³-hybridized carbons (Fsp3) is 0.412. The average Bonchev–Trinajstić information content (AvgIpc) is 3.27. The van der Waals surface area contributed by atoms with E-state index < -0.39 is 5.91 Å². The second kappa shape index (κ2) is 6.78. The van der Waals surface area contributed by atoms with Crippen molar-refractivity contribution in [3.63, 3.8) is 0 Å². The molecule has 2 N–H and O–H groups in total. The lowest BCUT2D eigenvalue weighted by atomic mass is 9.97. The van der Waals surface area contributed by atoms with Crippen LogP contribution in [0.2, 0.25) is 0 Å². The third kappa shape index (κ3) is 3.25. The van der Waals surface area contributed by atoms with E-state index in [-0.39, 0.29) is 24.2 Å². The molecule has 4 heterocycles. The number of piperidine rings is 1. The lowest BCUT2D eigenvalue weighted by Gasteiger charge is -2.32. The summed E-state index contributed by atoms with van der Waals surface area (Å²) in [5.74, 6) is 0.857. The highest BCUT2D eigenvalue weighted by molar-refractivity contribution is 5.91. The Labute approximate surface area is 155 Å². The van der Waals surface area contributed by atoms with Crippen LogP contribution in [-0.4, -0.2) is 58.9 Å². The molecule has 140 valence electrons. The maximum atomic E-state index is 13.0. The number of rotatable bonds is 4. The van der Waals surface area contributed by atoms with E-state index >= 15 is 0 Å². The number of hydrogen-bond donors (Lipinski definition) is 1. The van der Waals surface area contributed by atoms with Gasteiger partial charge in [0.15, 0.2) is 0 Å². The first-order valence-electron chi connectivity index (χ1n) is 8.80. The highest BCUT2D eigenvalue weighted by atomic mass is 16.2. The molecule has 0 bridgehead atoms. The molecule has 0 spiro atoms. The molecule has 0 aliphatic carbocycles. The molecule has 10 nitrogen and oxygen atoms in total. The Morgan fingerprint density at radius 3 is 2.96 bits per heavy atom. The van der Waals surface area contributed by atoms with Crippen LogP contribution >= 0.6 is 0 Å². The van der Waals surface area contributed by atoms with Gasteiger partial charge in [0.2, 0.25) is 11.7 Å². The number of primary amides is 1. The molecule has 4 rings (SSSR count). The molecule has 10 heteroatoms. The van der Waals surface area contributed by atoms with Gasteiger partial charge in [0.1, 0.15) is 12.4 Å². The average molecular weight is 368 g/mol. The minimum atomic E-state index is -0.421. The number of aryl methyl sites for hydroxylation is 1. The van der Waals surface area contributed by atoms with Crippen molar-refractivity contribution in [2.45, 2.75) is 32.2 Å². The molecule has 0 radical (unpaired) electrons. The molecule has 1 aliphatic heterocycles. The molecular weight excluding hydrogens is 348 g/mol. The van der Waals surface area contributed by atoms with E-state index in [0.717, 1.165) is 24.4 Å². The monoisotopic (exact) mass is 368 g/mol. The number of likely N-dealkylation sites (tertiary alicyclic amines) is 1. The van der Waals surface area contributed by atoms with Crippen molar-refractivity contribution in [3.05, 3.63) is 42.0 Å². The van der Waals surface area contributed by atoms with E-state index in [1.54, 1.807) is 32.5 Å². The van der Waals surface area contributed by atoms with Gasteiger partial charge in [-0.1, -0.05) is 0 Å². The second-order valence-corrected chi connectivity index (χ2v) is 6.73. The van der Waals surface area contributed by atoms with Crippen molar-refractivity contribution >= 4 is 17.6 Å². The summed E-state index contributed by atoms with van der Waals surface area (Å²) in [6, 6.07) is 1.81. The minimum absolute atomic E-state index is 0.0385. The third-order valence-corrected chi connectivity index (χ3v) is 4.76. The Morgan fingerprint density at radius 1 is 1.30 bits per heavy atom. The number of carbonyl (C=O) groups is 2. The van der Waals surface area contributed by atoms with Gasteiger partial charge in [-0.15, -0.1) is 10.2 Å². The zero-order chi connectivity index (χ0) is 19.0. The van der Waals surface area contributed by atoms with Gasteiger partial charge in [-0.3, -0.25) is 14.0 Å². The summed E-state index contributed by atoms with van der Waals surface area (Å²) in [5.41, 5.74) is 6.12. The first-order valence-corrected chi connectivity index (χ1v) is 8.80. The topological polar surface area (TPSA) is 124 Å². The second-order valence-electron chi connectivity index (χ2n) is 6.73. The number of nitrogens with zero attached hydrogens (tertiary/aromatic N) is 7. The molecule has 1 fully saturated rings. The first kappa shape index (κ1) is 17.1. The lowest BCUT2D eigenvalue weighted by molar-refractivity contribution is -0.118. The summed E-state index contributed by atoms with van der Waals surface area (Å²) in [7, 11) is 0. The smallest absolute Gasteiger partial charge is 0.292 e. The molecule has 27 heavy (non-hydrogen) atoms. The summed E-state index contributed by atoms with van der Waals surface area (Å²) in [6.45, 7) is 3.09. The molecule has 0 aromatic carbocycles. The van der Waals surface area contributed by atoms with Crippen molar-refractivity contribution in [1.29, 1.82) is 0 Å². The van der Waals surface area contributed by atoms with E-state index in [2.05, 4.69) is 20.2 Å². The van der Waals surface area contributed by atoms with Crippen molar-refractivity contribution in [2.24, 2.45) is 5.73 Å². The highest BCUT2D eigenvalue weighted by Gasteiger charge is 2.30. The summed E-state index contributed by atoms with van der Waals surface area (Å²) < 4.78 is 3.35. The maximum Gasteiger partial charge on any atom is 0.292 e. The predicted molar refractivity (Wildman–Crippen MR) is 94.8 cm³/mol. The van der Waals surface area contributed by atoms with Gasteiger partial charge in [0, 0.05) is 43.3 Å². The molecule has 0 saturated carbocycles. The van der Waals surface area contributed by atoms with Crippen LogP contribution < -0.4 is 5.73 Å². The van der Waals surface area contributed by atoms with Crippen molar-refractivity contribution in [3.8, 4) is 0 Å². The Balaban J connectivity index is 1.57. The van der Waals surface area contributed by atoms with E-state index in [1.807, 2.05) is 13.0 Å².